The predicted molar refractivity (Wildman–Crippen MR) is 104 cm³/mol. The van der Waals surface area contributed by atoms with E-state index in [4.69, 9.17) is 11.6 Å². The lowest BCUT2D eigenvalue weighted by Crippen LogP contribution is -2.28. The van der Waals surface area contributed by atoms with Crippen molar-refractivity contribution in [3.8, 4) is 0 Å². The van der Waals surface area contributed by atoms with E-state index in [1.807, 2.05) is 24.3 Å². The van der Waals surface area contributed by atoms with Crippen LogP contribution < -0.4 is 11.0 Å². The fourth-order valence-electron chi connectivity index (χ4n) is 2.89. The lowest BCUT2D eigenvalue weighted by molar-refractivity contribution is -0.117. The van der Waals surface area contributed by atoms with Gasteiger partial charge in [0.15, 0.2) is 5.65 Å². The van der Waals surface area contributed by atoms with Crippen LogP contribution in [0.5, 0.6) is 0 Å². The molecule has 0 radical (unpaired) electrons. The summed E-state index contributed by atoms with van der Waals surface area (Å²) in [5, 5.41) is 8.32. The first-order chi connectivity index (χ1) is 13.0. The third-order valence-electron chi connectivity index (χ3n) is 4.32. The quantitative estimate of drug-likeness (QED) is 0.589. The first-order valence-electron chi connectivity index (χ1n) is 8.47. The van der Waals surface area contributed by atoms with Crippen LogP contribution in [-0.2, 0) is 17.8 Å². The van der Waals surface area contributed by atoms with E-state index in [9.17, 15) is 9.59 Å². The van der Waals surface area contributed by atoms with Gasteiger partial charge in [0, 0.05) is 16.1 Å². The third kappa shape index (κ3) is 3.29. The summed E-state index contributed by atoms with van der Waals surface area (Å²) in [6.45, 7) is 1.88. The zero-order valence-electron chi connectivity index (χ0n) is 14.5. The molecule has 1 amide bonds. The topological polar surface area (TPSA) is 81.3 Å². The number of hydrogen-bond donors (Lipinski definition) is 1. The molecule has 7 nitrogen and oxygen atoms in total. The number of aryl methyl sites for hydroxylation is 1. The van der Waals surface area contributed by atoms with Gasteiger partial charge in [0.05, 0.1) is 5.52 Å². The number of benzene rings is 2. The number of halogens is 1. The Balaban J connectivity index is 1.63. The molecule has 2 aromatic carbocycles. The van der Waals surface area contributed by atoms with Crippen LogP contribution in [0, 0.1) is 0 Å². The van der Waals surface area contributed by atoms with Crippen LogP contribution in [0.3, 0.4) is 0 Å². The number of rotatable bonds is 4. The maximum absolute atomic E-state index is 12.5. The minimum absolute atomic E-state index is 0.189. The molecule has 27 heavy (non-hydrogen) atoms. The summed E-state index contributed by atoms with van der Waals surface area (Å²) in [5.74, 6) is -0.329. The van der Waals surface area contributed by atoms with Crippen molar-refractivity contribution in [2.24, 2.45) is 0 Å². The molecule has 0 aliphatic rings. The summed E-state index contributed by atoms with van der Waals surface area (Å²) in [6.07, 6.45) is 2.32. The summed E-state index contributed by atoms with van der Waals surface area (Å²) >= 11 is 5.98. The lowest BCUT2D eigenvalue weighted by Gasteiger charge is -2.05. The Morgan fingerprint density at radius 2 is 1.96 bits per heavy atom. The highest BCUT2D eigenvalue weighted by Crippen LogP contribution is 2.19. The Morgan fingerprint density at radius 1 is 1.19 bits per heavy atom. The molecule has 0 bridgehead atoms. The monoisotopic (exact) mass is 381 g/mol. The molecule has 2 heterocycles. The molecule has 4 rings (SSSR count). The Bertz CT molecular complexity index is 1210. The molecular formula is C19H16ClN5O2. The number of nitrogens with one attached hydrogen (secondary N) is 1. The second-order valence-electron chi connectivity index (χ2n) is 6.14. The van der Waals surface area contributed by atoms with Crippen LogP contribution in [0.4, 0.5) is 5.69 Å². The minimum atomic E-state index is -0.425. The number of hydrogen-bond acceptors (Lipinski definition) is 4. The van der Waals surface area contributed by atoms with Gasteiger partial charge in [-0.2, -0.15) is 0 Å². The minimum Gasteiger partial charge on any atom is -0.324 e. The van der Waals surface area contributed by atoms with E-state index in [1.54, 1.807) is 18.2 Å². The van der Waals surface area contributed by atoms with E-state index in [-0.39, 0.29) is 12.5 Å². The van der Waals surface area contributed by atoms with E-state index in [0.29, 0.717) is 27.3 Å². The SMILES string of the molecule is CCc1ccc(NC(=O)Cn2nc3c4ccc(Cl)cc4ncn3c2=O)cc1. The van der Waals surface area contributed by atoms with Crippen molar-refractivity contribution in [2.45, 2.75) is 19.9 Å². The molecule has 1 N–H and O–H groups in total. The van der Waals surface area contributed by atoms with Crippen molar-refractivity contribution in [1.82, 2.24) is 19.2 Å². The van der Waals surface area contributed by atoms with Crippen molar-refractivity contribution < 1.29 is 4.79 Å². The van der Waals surface area contributed by atoms with Crippen LogP contribution in [0.25, 0.3) is 16.6 Å². The Hall–Kier alpha value is -3.19. The van der Waals surface area contributed by atoms with E-state index in [1.165, 1.54) is 16.3 Å². The molecule has 0 aliphatic carbocycles. The standard InChI is InChI=1S/C19H16ClN5O2/c1-2-12-3-6-14(7-4-12)22-17(26)10-25-19(27)24-11-21-16-9-13(20)5-8-15(16)18(24)23-25/h3-9,11H,2,10H2,1H3,(H,22,26). The van der Waals surface area contributed by atoms with E-state index >= 15 is 0 Å². The number of carbonyl (C=O) groups excluding carboxylic acids is 1. The Labute approximate surface area is 159 Å². The van der Waals surface area contributed by atoms with E-state index in [2.05, 4.69) is 22.3 Å². The number of anilines is 1. The van der Waals surface area contributed by atoms with Gasteiger partial charge in [-0.1, -0.05) is 30.7 Å². The number of aromatic nitrogens is 4. The molecule has 0 atom stereocenters. The Morgan fingerprint density at radius 3 is 2.70 bits per heavy atom. The van der Waals surface area contributed by atoms with Crippen molar-refractivity contribution in [2.75, 3.05) is 5.32 Å². The fraction of sp³-hybridized carbons (Fsp3) is 0.158. The molecular weight excluding hydrogens is 366 g/mol. The molecule has 0 unspecified atom stereocenters. The molecule has 0 spiro atoms. The van der Waals surface area contributed by atoms with Crippen molar-refractivity contribution in [1.29, 1.82) is 0 Å². The molecule has 0 saturated heterocycles. The molecule has 0 saturated carbocycles. The molecule has 136 valence electrons. The van der Waals surface area contributed by atoms with Gasteiger partial charge in [0.1, 0.15) is 12.9 Å². The largest absolute Gasteiger partial charge is 0.352 e. The Kier molecular flexibility index (Phi) is 4.37. The molecule has 0 aliphatic heterocycles. The van der Waals surface area contributed by atoms with Gasteiger partial charge in [0.25, 0.3) is 0 Å². The molecule has 0 fully saturated rings. The second kappa shape index (κ2) is 6.85. The highest BCUT2D eigenvalue weighted by Gasteiger charge is 2.14. The van der Waals surface area contributed by atoms with Crippen molar-refractivity contribution in [3.05, 3.63) is 69.9 Å². The molecule has 4 aromatic rings. The van der Waals surface area contributed by atoms with Crippen LogP contribution in [-0.4, -0.2) is 25.1 Å². The van der Waals surface area contributed by atoms with Gasteiger partial charge in [-0.25, -0.2) is 18.9 Å². The van der Waals surface area contributed by atoms with E-state index < -0.39 is 5.69 Å². The number of fused-ring (bicyclic) bond motifs is 3. The van der Waals surface area contributed by atoms with Crippen molar-refractivity contribution in [3.63, 3.8) is 0 Å². The van der Waals surface area contributed by atoms with Crippen LogP contribution >= 0.6 is 11.6 Å². The summed E-state index contributed by atoms with van der Waals surface area (Å²) < 4.78 is 2.44. The zero-order chi connectivity index (χ0) is 19.0. The second-order valence-corrected chi connectivity index (χ2v) is 6.57. The third-order valence-corrected chi connectivity index (χ3v) is 4.56. The number of nitrogens with zero attached hydrogens (tertiary/aromatic N) is 4. The average Bonchev–Trinajstić information content (AvgIpc) is 2.98. The van der Waals surface area contributed by atoms with Gasteiger partial charge in [-0.05, 0) is 42.3 Å². The maximum Gasteiger partial charge on any atom is 0.352 e. The summed E-state index contributed by atoms with van der Waals surface area (Å²) in [4.78, 5) is 29.1. The summed E-state index contributed by atoms with van der Waals surface area (Å²) in [7, 11) is 0. The first kappa shape index (κ1) is 17.2. The fourth-order valence-corrected chi connectivity index (χ4v) is 3.06. The van der Waals surface area contributed by atoms with Crippen LogP contribution in [0.15, 0.2) is 53.6 Å². The lowest BCUT2D eigenvalue weighted by atomic mass is 10.1. The summed E-state index contributed by atoms with van der Waals surface area (Å²) in [5.41, 5.74) is 2.50. The molecule has 8 heteroatoms. The smallest absolute Gasteiger partial charge is 0.324 e. The number of carbonyl (C=O) groups is 1. The van der Waals surface area contributed by atoms with Crippen molar-refractivity contribution >= 4 is 39.7 Å². The maximum atomic E-state index is 12.5. The van der Waals surface area contributed by atoms with Gasteiger partial charge in [0.2, 0.25) is 5.91 Å². The van der Waals surface area contributed by atoms with Gasteiger partial charge in [-0.3, -0.25) is 4.79 Å². The summed E-state index contributed by atoms with van der Waals surface area (Å²) in [6, 6.07) is 12.8. The average molecular weight is 382 g/mol. The van der Waals surface area contributed by atoms with Gasteiger partial charge in [-0.15, -0.1) is 5.10 Å². The first-order valence-corrected chi connectivity index (χ1v) is 8.85. The predicted octanol–water partition coefficient (Wildman–Crippen LogP) is 2.90. The van der Waals surface area contributed by atoms with Gasteiger partial charge >= 0.3 is 5.69 Å². The normalized spacial score (nSPS) is 11.2. The molecule has 2 aromatic heterocycles. The highest BCUT2D eigenvalue weighted by atomic mass is 35.5. The highest BCUT2D eigenvalue weighted by molar-refractivity contribution is 6.31. The zero-order valence-corrected chi connectivity index (χ0v) is 15.3. The number of amides is 1. The van der Waals surface area contributed by atoms with Crippen LogP contribution in [0.2, 0.25) is 5.02 Å². The van der Waals surface area contributed by atoms with E-state index in [0.717, 1.165) is 11.1 Å². The van der Waals surface area contributed by atoms with Gasteiger partial charge < -0.3 is 5.32 Å². The van der Waals surface area contributed by atoms with Crippen LogP contribution in [0.1, 0.15) is 12.5 Å².